The molecule has 0 spiro atoms. The Kier molecular flexibility index (Phi) is 7.06. The molecule has 4 rings (SSSR count). The molecule has 4 aromatic rings. The fraction of sp³-hybridized carbons (Fsp3) is 0.115. The number of carbonyl (C=O) groups excluding carboxylic acids is 2. The van der Waals surface area contributed by atoms with Crippen molar-refractivity contribution in [2.45, 2.75) is 13.1 Å². The molecule has 8 nitrogen and oxygen atoms in total. The van der Waals surface area contributed by atoms with Gasteiger partial charge in [-0.3, -0.25) is 19.4 Å². The van der Waals surface area contributed by atoms with Crippen LogP contribution in [0, 0.1) is 5.82 Å². The molecule has 3 heterocycles. The average Bonchev–Trinajstić information content (AvgIpc) is 2.86. The average molecular weight is 525 g/mol. The molecule has 3 aromatic heterocycles. The van der Waals surface area contributed by atoms with Crippen LogP contribution in [0.3, 0.4) is 0 Å². The van der Waals surface area contributed by atoms with Crippen LogP contribution in [0.4, 0.5) is 29.1 Å². The van der Waals surface area contributed by atoms with Crippen LogP contribution in [0.2, 0.25) is 0 Å². The Hall–Kier alpha value is -4.87. The highest BCUT2D eigenvalue weighted by molar-refractivity contribution is 6.04. The van der Waals surface area contributed by atoms with Crippen molar-refractivity contribution in [1.82, 2.24) is 14.5 Å². The summed E-state index contributed by atoms with van der Waals surface area (Å²) in [5.41, 5.74) is -0.515. The maximum absolute atomic E-state index is 14.6. The molecule has 2 N–H and O–H groups in total. The van der Waals surface area contributed by atoms with Gasteiger partial charge in [0.15, 0.2) is 0 Å². The summed E-state index contributed by atoms with van der Waals surface area (Å²) in [6.45, 7) is 1.33. The van der Waals surface area contributed by atoms with Crippen molar-refractivity contribution in [1.29, 1.82) is 0 Å². The molecule has 0 aliphatic rings. The lowest BCUT2D eigenvalue weighted by atomic mass is 10.0. The molecule has 12 heteroatoms. The first-order valence-electron chi connectivity index (χ1n) is 11.0. The molecule has 194 valence electrons. The number of hydrogen-bond donors (Lipinski definition) is 2. The van der Waals surface area contributed by atoms with E-state index in [4.69, 9.17) is 0 Å². The van der Waals surface area contributed by atoms with Crippen LogP contribution in [0.25, 0.3) is 22.4 Å². The molecule has 0 aliphatic heterocycles. The third-order valence-corrected chi connectivity index (χ3v) is 5.48. The van der Waals surface area contributed by atoms with Crippen molar-refractivity contribution >= 4 is 23.3 Å². The van der Waals surface area contributed by atoms with Crippen molar-refractivity contribution in [2.24, 2.45) is 7.05 Å². The maximum atomic E-state index is 14.6. The van der Waals surface area contributed by atoms with E-state index in [2.05, 4.69) is 20.6 Å². The summed E-state index contributed by atoms with van der Waals surface area (Å²) in [6, 6.07) is 11.6. The number of hydrogen-bond acceptors (Lipinski definition) is 5. The monoisotopic (exact) mass is 525 g/mol. The number of carbonyl (C=O) groups is 2. The SMILES string of the molecule is CC(=O)Nc1cc(-c2cc(-c3ccc(F)c(NC(=O)c4ccnc(C(F)(F)F)c4)c3)cc(=O)n2C)ccn1. The highest BCUT2D eigenvalue weighted by Crippen LogP contribution is 2.30. The minimum atomic E-state index is -4.75. The molecule has 0 aliphatic carbocycles. The summed E-state index contributed by atoms with van der Waals surface area (Å²) < 4.78 is 54.8. The van der Waals surface area contributed by atoms with E-state index < -0.39 is 23.6 Å². The van der Waals surface area contributed by atoms with Crippen molar-refractivity contribution in [3.05, 3.63) is 94.4 Å². The van der Waals surface area contributed by atoms with Gasteiger partial charge >= 0.3 is 6.18 Å². The van der Waals surface area contributed by atoms with Gasteiger partial charge in [-0.2, -0.15) is 13.2 Å². The molecule has 38 heavy (non-hydrogen) atoms. The van der Waals surface area contributed by atoms with E-state index in [0.717, 1.165) is 18.3 Å². The minimum Gasteiger partial charge on any atom is -0.319 e. The summed E-state index contributed by atoms with van der Waals surface area (Å²) in [5.74, 6) is -1.84. The lowest BCUT2D eigenvalue weighted by Gasteiger charge is -2.13. The summed E-state index contributed by atoms with van der Waals surface area (Å²) in [7, 11) is 1.56. The first kappa shape index (κ1) is 26.2. The minimum absolute atomic E-state index is 0.282. The molecule has 2 amide bonds. The van der Waals surface area contributed by atoms with E-state index >= 15 is 0 Å². The summed E-state index contributed by atoms with van der Waals surface area (Å²) in [6.07, 6.45) is -2.45. The molecule has 0 bridgehead atoms. The number of alkyl halides is 3. The van der Waals surface area contributed by atoms with Crippen molar-refractivity contribution in [2.75, 3.05) is 10.6 Å². The third kappa shape index (κ3) is 5.75. The van der Waals surface area contributed by atoms with Gasteiger partial charge in [-0.05, 0) is 53.6 Å². The zero-order chi connectivity index (χ0) is 27.6. The van der Waals surface area contributed by atoms with Crippen molar-refractivity contribution in [3.63, 3.8) is 0 Å². The predicted molar refractivity (Wildman–Crippen MR) is 132 cm³/mol. The molecular formula is C26H19F4N5O3. The Morgan fingerprint density at radius 2 is 1.61 bits per heavy atom. The normalized spacial score (nSPS) is 11.2. The lowest BCUT2D eigenvalue weighted by Crippen LogP contribution is -2.18. The topological polar surface area (TPSA) is 106 Å². The standard InChI is InChI=1S/C26H19F4N5O3/c1-14(36)33-23-12-16(5-8-32-23)21-10-18(13-24(37)35(21)2)15-3-4-19(27)20(9-15)34-25(38)17-6-7-31-22(11-17)26(28,29)30/h3-13H,1-2H3,(H,34,38)(H,32,33,36). The van der Waals surface area contributed by atoms with Crippen LogP contribution < -0.4 is 16.2 Å². The summed E-state index contributed by atoms with van der Waals surface area (Å²) >= 11 is 0. The van der Waals surface area contributed by atoms with Gasteiger partial charge in [0.25, 0.3) is 11.5 Å². The number of nitrogens with one attached hydrogen (secondary N) is 2. The van der Waals surface area contributed by atoms with E-state index in [0.29, 0.717) is 28.5 Å². The summed E-state index contributed by atoms with van der Waals surface area (Å²) in [5, 5.41) is 4.84. The highest BCUT2D eigenvalue weighted by Gasteiger charge is 2.33. The zero-order valence-corrected chi connectivity index (χ0v) is 19.9. The van der Waals surface area contributed by atoms with Crippen molar-refractivity contribution < 1.29 is 27.2 Å². The quantitative estimate of drug-likeness (QED) is 0.362. The van der Waals surface area contributed by atoms with Gasteiger partial charge in [-0.15, -0.1) is 0 Å². The Balaban J connectivity index is 1.69. The van der Waals surface area contributed by atoms with Gasteiger partial charge in [0.05, 0.1) is 11.4 Å². The largest absolute Gasteiger partial charge is 0.433 e. The molecule has 1 aromatic carbocycles. The maximum Gasteiger partial charge on any atom is 0.433 e. The van der Waals surface area contributed by atoms with Crippen molar-refractivity contribution in [3.8, 4) is 22.4 Å². The van der Waals surface area contributed by atoms with Crippen LogP contribution in [-0.2, 0) is 18.0 Å². The second kappa shape index (κ2) is 10.2. The van der Waals surface area contributed by atoms with E-state index in [1.165, 1.54) is 35.9 Å². The number of amides is 2. The van der Waals surface area contributed by atoms with Crippen LogP contribution in [-0.4, -0.2) is 26.3 Å². The third-order valence-electron chi connectivity index (χ3n) is 5.48. The lowest BCUT2D eigenvalue weighted by molar-refractivity contribution is -0.141. The molecule has 0 fully saturated rings. The fourth-order valence-electron chi connectivity index (χ4n) is 3.64. The predicted octanol–water partition coefficient (Wildman–Crippen LogP) is 4.88. The van der Waals surface area contributed by atoms with E-state index in [9.17, 15) is 31.9 Å². The Bertz CT molecular complexity index is 1620. The molecule has 0 radical (unpaired) electrons. The Morgan fingerprint density at radius 3 is 2.32 bits per heavy atom. The number of rotatable bonds is 5. The smallest absolute Gasteiger partial charge is 0.319 e. The van der Waals surface area contributed by atoms with Gasteiger partial charge in [0.2, 0.25) is 5.91 Å². The number of nitrogens with zero attached hydrogens (tertiary/aromatic N) is 3. The number of anilines is 2. The molecule has 0 saturated carbocycles. The van der Waals surface area contributed by atoms with Crippen LogP contribution in [0.5, 0.6) is 0 Å². The first-order valence-corrected chi connectivity index (χ1v) is 11.0. The molecule has 0 saturated heterocycles. The Labute approximate surface area is 213 Å². The van der Waals surface area contributed by atoms with E-state index in [-0.39, 0.29) is 28.5 Å². The van der Waals surface area contributed by atoms with Crippen LogP contribution in [0.15, 0.2) is 71.8 Å². The van der Waals surface area contributed by atoms with Gasteiger partial charge in [0.1, 0.15) is 17.3 Å². The highest BCUT2D eigenvalue weighted by atomic mass is 19.4. The first-order chi connectivity index (χ1) is 17.9. The number of benzene rings is 1. The zero-order valence-electron chi connectivity index (χ0n) is 19.9. The summed E-state index contributed by atoms with van der Waals surface area (Å²) in [4.78, 5) is 44.0. The van der Waals surface area contributed by atoms with Crippen LogP contribution >= 0.6 is 0 Å². The molecular weight excluding hydrogens is 506 g/mol. The number of halogens is 4. The molecule has 0 atom stereocenters. The molecule has 0 unspecified atom stereocenters. The second-order valence-corrected chi connectivity index (χ2v) is 8.21. The number of aromatic nitrogens is 3. The van der Waals surface area contributed by atoms with Gasteiger partial charge in [-0.25, -0.2) is 9.37 Å². The fourth-order valence-corrected chi connectivity index (χ4v) is 3.64. The van der Waals surface area contributed by atoms with Crippen LogP contribution in [0.1, 0.15) is 23.0 Å². The Morgan fingerprint density at radius 1 is 0.868 bits per heavy atom. The van der Waals surface area contributed by atoms with Gasteiger partial charge in [0, 0.05) is 43.6 Å². The van der Waals surface area contributed by atoms with E-state index in [1.54, 1.807) is 25.2 Å². The van der Waals surface area contributed by atoms with Gasteiger partial charge < -0.3 is 15.2 Å². The number of pyridine rings is 3. The second-order valence-electron chi connectivity index (χ2n) is 8.21. The van der Waals surface area contributed by atoms with Gasteiger partial charge in [-0.1, -0.05) is 6.07 Å². The van der Waals surface area contributed by atoms with E-state index in [1.807, 2.05) is 0 Å².